The number of nitrogens with zero attached hydrogens (tertiary/aromatic N) is 2. The number of alkyl carbamates (subject to hydrolysis) is 1. The van der Waals surface area contributed by atoms with Crippen LogP contribution in [0.3, 0.4) is 0 Å². The van der Waals surface area contributed by atoms with Crippen LogP contribution in [0.5, 0.6) is 11.6 Å². The number of benzene rings is 1. The van der Waals surface area contributed by atoms with Crippen LogP contribution in [0.4, 0.5) is 13.6 Å². The first-order chi connectivity index (χ1) is 21.7. The molecule has 0 unspecified atom stereocenters. The Hall–Kier alpha value is -3.50. The molecule has 2 saturated carbocycles. The summed E-state index contributed by atoms with van der Waals surface area (Å²) in [5.41, 5.74) is -1.28. The van der Waals surface area contributed by atoms with E-state index < -0.39 is 59.5 Å². The van der Waals surface area contributed by atoms with Crippen LogP contribution in [0.15, 0.2) is 24.3 Å². The molecule has 1 N–H and O–H groups in total. The van der Waals surface area contributed by atoms with Gasteiger partial charge in [0.2, 0.25) is 11.8 Å². The lowest BCUT2D eigenvalue weighted by atomic mass is 9.85. The Bertz CT molecular complexity index is 1510. The Labute approximate surface area is 268 Å². The van der Waals surface area contributed by atoms with E-state index in [0.29, 0.717) is 48.6 Å². The summed E-state index contributed by atoms with van der Waals surface area (Å²) in [7, 11) is 0. The maximum atomic E-state index is 16.1. The molecule has 2 amide bonds. The SMILES string of the molecule is CC[C@@H]1[C@@H]2CN(C(=O)[C@H](C(C)(C)C)NC(=O)O[C@]3(C)C[C@H]3CCCCC(F)(F)c3cc4ccc(OC5CC5)cc4nc3O2)[C@@H]1C=O. The van der Waals surface area contributed by atoms with Gasteiger partial charge in [0.15, 0.2) is 0 Å². The Balaban J connectivity index is 1.40. The number of hydrogen-bond donors (Lipinski definition) is 1. The zero-order valence-corrected chi connectivity index (χ0v) is 27.3. The summed E-state index contributed by atoms with van der Waals surface area (Å²) in [5.74, 6) is -3.72. The summed E-state index contributed by atoms with van der Waals surface area (Å²) in [4.78, 5) is 45.8. The smallest absolute Gasteiger partial charge is 0.408 e. The molecule has 46 heavy (non-hydrogen) atoms. The van der Waals surface area contributed by atoms with Crippen molar-refractivity contribution >= 4 is 29.2 Å². The van der Waals surface area contributed by atoms with Gasteiger partial charge in [-0.1, -0.05) is 34.1 Å². The average Bonchev–Trinajstić information content (AvgIpc) is 3.89. The largest absolute Gasteiger partial charge is 0.490 e. The number of carbonyl (C=O) groups is 3. The van der Waals surface area contributed by atoms with Crippen LogP contribution >= 0.6 is 0 Å². The lowest BCUT2D eigenvalue weighted by Crippen LogP contribution is -2.56. The molecule has 250 valence electrons. The fourth-order valence-electron chi connectivity index (χ4n) is 7.03. The molecule has 1 aromatic heterocycles. The third kappa shape index (κ3) is 6.51. The van der Waals surface area contributed by atoms with Crippen LogP contribution < -0.4 is 14.8 Å². The maximum Gasteiger partial charge on any atom is 0.408 e. The van der Waals surface area contributed by atoms with Crippen molar-refractivity contribution in [2.75, 3.05) is 6.54 Å². The van der Waals surface area contributed by atoms with Gasteiger partial charge in [0.25, 0.3) is 5.92 Å². The first kappa shape index (κ1) is 32.4. The van der Waals surface area contributed by atoms with E-state index in [9.17, 15) is 14.4 Å². The van der Waals surface area contributed by atoms with Crippen molar-refractivity contribution in [2.24, 2.45) is 17.3 Å². The molecule has 0 radical (unpaired) electrons. The minimum absolute atomic E-state index is 0.0284. The fraction of sp³-hybridized carbons (Fsp3) is 0.657. The topological polar surface area (TPSA) is 107 Å². The summed E-state index contributed by atoms with van der Waals surface area (Å²) >= 11 is 0. The number of nitrogens with one attached hydrogen (secondary N) is 1. The Morgan fingerprint density at radius 1 is 1.15 bits per heavy atom. The van der Waals surface area contributed by atoms with Crippen molar-refractivity contribution in [3.63, 3.8) is 0 Å². The van der Waals surface area contributed by atoms with E-state index in [2.05, 4.69) is 10.3 Å². The molecular weight excluding hydrogens is 596 g/mol. The van der Waals surface area contributed by atoms with Gasteiger partial charge in [-0.3, -0.25) is 4.79 Å². The number of rotatable bonds is 4. The fourth-order valence-corrected chi connectivity index (χ4v) is 7.03. The predicted octanol–water partition coefficient (Wildman–Crippen LogP) is 6.54. The Kier molecular flexibility index (Phi) is 8.42. The molecule has 0 spiro atoms. The third-order valence-corrected chi connectivity index (χ3v) is 10.1. The number of aldehydes is 1. The number of hydrogen-bond acceptors (Lipinski definition) is 7. The minimum atomic E-state index is -3.24. The van der Waals surface area contributed by atoms with E-state index in [1.54, 1.807) is 18.2 Å². The molecule has 2 aliphatic heterocycles. The summed E-state index contributed by atoms with van der Waals surface area (Å²) in [5, 5.41) is 3.34. The van der Waals surface area contributed by atoms with Crippen molar-refractivity contribution in [3.05, 3.63) is 29.8 Å². The van der Waals surface area contributed by atoms with E-state index in [1.165, 1.54) is 11.0 Å². The van der Waals surface area contributed by atoms with Crippen LogP contribution in [-0.4, -0.2) is 64.6 Å². The van der Waals surface area contributed by atoms with Gasteiger partial charge in [0.05, 0.1) is 29.8 Å². The van der Waals surface area contributed by atoms with Gasteiger partial charge in [0, 0.05) is 29.7 Å². The van der Waals surface area contributed by atoms with E-state index >= 15 is 8.78 Å². The molecule has 3 fully saturated rings. The number of aromatic nitrogens is 1. The third-order valence-electron chi connectivity index (χ3n) is 10.1. The predicted molar refractivity (Wildman–Crippen MR) is 167 cm³/mol. The van der Waals surface area contributed by atoms with Crippen molar-refractivity contribution in [3.8, 4) is 11.6 Å². The minimum Gasteiger partial charge on any atom is -0.490 e. The second-order valence-corrected chi connectivity index (χ2v) is 14.9. The van der Waals surface area contributed by atoms with E-state index in [0.717, 1.165) is 12.8 Å². The van der Waals surface area contributed by atoms with E-state index in [-0.39, 0.29) is 36.4 Å². The highest BCUT2D eigenvalue weighted by Gasteiger charge is 2.54. The summed E-state index contributed by atoms with van der Waals surface area (Å²) in [6, 6.07) is 4.83. The molecule has 2 aliphatic carbocycles. The number of pyridine rings is 1. The maximum absolute atomic E-state index is 16.1. The molecule has 3 heterocycles. The first-order valence-electron chi connectivity index (χ1n) is 16.6. The van der Waals surface area contributed by atoms with Crippen molar-refractivity contribution < 1.29 is 37.4 Å². The van der Waals surface area contributed by atoms with Gasteiger partial charge < -0.3 is 29.2 Å². The lowest BCUT2D eigenvalue weighted by molar-refractivity contribution is -0.139. The summed E-state index contributed by atoms with van der Waals surface area (Å²) < 4.78 is 50.3. The van der Waals surface area contributed by atoms with Gasteiger partial charge in [-0.25, -0.2) is 18.6 Å². The molecule has 6 atom stereocenters. The standard InChI is InChI=1S/C35H45F2N3O6/c1-6-24-27(19-41)40-18-28(24)45-30-25(15-20-10-11-23(16-26(20)38-30)44-22-12-13-22)35(36,37)14-8-7-9-21-17-34(21,5)46-32(43)39-29(31(40)42)33(2,3)4/h10-11,15-16,19,21-22,24,27-29H,6-9,12-14,17-18H2,1-5H3,(H,39,43)/t21-,24+,27-,28+,29-,34-/m1/s1. The number of carbonyl (C=O) groups excluding carboxylic acids is 3. The second kappa shape index (κ2) is 11.9. The number of fused-ring (bicyclic) bond motifs is 5. The van der Waals surface area contributed by atoms with Gasteiger partial charge in [-0.15, -0.1) is 0 Å². The van der Waals surface area contributed by atoms with Crippen molar-refractivity contribution in [1.82, 2.24) is 15.2 Å². The highest BCUT2D eigenvalue weighted by Crippen LogP contribution is 2.50. The zero-order valence-electron chi connectivity index (χ0n) is 27.3. The van der Waals surface area contributed by atoms with Gasteiger partial charge in [0.1, 0.15) is 29.8 Å². The highest BCUT2D eigenvalue weighted by atomic mass is 19.3. The van der Waals surface area contributed by atoms with Crippen molar-refractivity contribution in [2.45, 2.75) is 122 Å². The van der Waals surface area contributed by atoms with Crippen LogP contribution in [0, 0.1) is 17.3 Å². The molecule has 1 aromatic carbocycles. The summed E-state index contributed by atoms with van der Waals surface area (Å²) in [6.45, 7) is 9.16. The molecule has 1 saturated heterocycles. The van der Waals surface area contributed by atoms with Crippen LogP contribution in [0.1, 0.15) is 91.5 Å². The molecule has 2 aromatic rings. The van der Waals surface area contributed by atoms with Gasteiger partial charge >= 0.3 is 6.09 Å². The molecule has 11 heteroatoms. The van der Waals surface area contributed by atoms with Gasteiger partial charge in [-0.2, -0.15) is 0 Å². The molecule has 4 aliphatic rings. The zero-order chi connectivity index (χ0) is 33.0. The highest BCUT2D eigenvalue weighted by molar-refractivity contribution is 5.89. The summed E-state index contributed by atoms with van der Waals surface area (Å²) in [6.07, 6.45) is 3.45. The number of halogens is 2. The normalized spacial score (nSPS) is 31.8. The number of ether oxygens (including phenoxy) is 3. The van der Waals surface area contributed by atoms with Gasteiger partial charge in [-0.05, 0) is 69.1 Å². The average molecular weight is 642 g/mol. The van der Waals surface area contributed by atoms with Crippen molar-refractivity contribution in [1.29, 1.82) is 0 Å². The first-order valence-corrected chi connectivity index (χ1v) is 16.6. The molecule has 2 bridgehead atoms. The molecular formula is C35H45F2N3O6. The Morgan fingerprint density at radius 2 is 1.91 bits per heavy atom. The molecule has 9 nitrogen and oxygen atoms in total. The number of alkyl halides is 2. The monoisotopic (exact) mass is 641 g/mol. The molecule has 6 rings (SSSR count). The van der Waals surface area contributed by atoms with E-state index in [4.69, 9.17) is 14.2 Å². The van der Waals surface area contributed by atoms with Crippen LogP contribution in [0.25, 0.3) is 10.9 Å². The second-order valence-electron chi connectivity index (χ2n) is 14.9. The van der Waals surface area contributed by atoms with Crippen LogP contribution in [0.2, 0.25) is 0 Å². The Morgan fingerprint density at radius 3 is 2.59 bits per heavy atom. The lowest BCUT2D eigenvalue weighted by Gasteiger charge is -2.35. The quantitative estimate of drug-likeness (QED) is 0.378. The van der Waals surface area contributed by atoms with E-state index in [1.807, 2.05) is 34.6 Å². The number of amides is 2. The van der Waals surface area contributed by atoms with Crippen LogP contribution in [-0.2, 0) is 20.2 Å².